The van der Waals surface area contributed by atoms with E-state index in [-0.39, 0.29) is 79.3 Å². The van der Waals surface area contributed by atoms with Crippen molar-refractivity contribution >= 4 is 22.9 Å². The van der Waals surface area contributed by atoms with E-state index in [1.807, 2.05) is 0 Å². The number of hydrogen-bond acceptors (Lipinski definition) is 3. The molecule has 0 heterocycles. The largest absolute Gasteiger partial charge is 1.00 e. The first-order valence-corrected chi connectivity index (χ1v) is 6.78. The molecule has 0 atom stereocenters. The Hall–Kier alpha value is 0.391. The molecule has 20 heavy (non-hydrogen) atoms. The third-order valence-electron chi connectivity index (χ3n) is 3.07. The predicted molar refractivity (Wildman–Crippen MR) is 66.1 cm³/mol. The van der Waals surface area contributed by atoms with Gasteiger partial charge in [-0.1, -0.05) is 11.9 Å². The average molecular weight is 337 g/mol. The van der Waals surface area contributed by atoms with Crippen LogP contribution in [0.15, 0.2) is 4.90 Å². The molecule has 0 aliphatic heterocycles. The number of nitrogens with two attached hydrogens (primary N) is 1. The van der Waals surface area contributed by atoms with Crippen LogP contribution in [0.4, 0.5) is 22.5 Å². The van der Waals surface area contributed by atoms with Crippen molar-refractivity contribution in [3.8, 4) is 0 Å². The quantitative estimate of drug-likeness (QED) is 0.359. The molecule has 0 spiro atoms. The van der Waals surface area contributed by atoms with E-state index in [4.69, 9.17) is 5.73 Å². The summed E-state index contributed by atoms with van der Waals surface area (Å²) < 4.78 is 72.9. The Bertz CT molecular complexity index is 631. The Kier molecular flexibility index (Phi) is 6.79. The van der Waals surface area contributed by atoms with E-state index in [0.29, 0.717) is 0 Å². The van der Waals surface area contributed by atoms with Crippen molar-refractivity contribution in [2.24, 2.45) is 0 Å². The minimum Gasteiger partial charge on any atom is -0.449 e. The van der Waals surface area contributed by atoms with Crippen LogP contribution in [0.3, 0.4) is 0 Å². The van der Waals surface area contributed by atoms with Crippen molar-refractivity contribution < 1.29 is 76.6 Å². The van der Waals surface area contributed by atoms with Crippen LogP contribution in [-0.4, -0.2) is 15.4 Å². The second kappa shape index (κ2) is 6.66. The van der Waals surface area contributed by atoms with Gasteiger partial charge >= 0.3 is 68.6 Å². The van der Waals surface area contributed by atoms with E-state index in [1.165, 1.54) is 13.8 Å². The molecular formula is C10H13BF4KNO2S. The summed E-state index contributed by atoms with van der Waals surface area (Å²) >= 11 is 0. The van der Waals surface area contributed by atoms with Crippen molar-refractivity contribution in [1.82, 2.24) is 0 Å². The maximum absolute atomic E-state index is 13.2. The van der Waals surface area contributed by atoms with E-state index in [2.05, 4.69) is 0 Å². The van der Waals surface area contributed by atoms with Gasteiger partial charge in [-0.2, -0.15) is 8.42 Å². The van der Waals surface area contributed by atoms with Crippen LogP contribution in [0.5, 0.6) is 0 Å². The van der Waals surface area contributed by atoms with Crippen LogP contribution in [-0.2, 0) is 16.5 Å². The number of hydrogen-bond donors (Lipinski definition) is 1. The first kappa shape index (κ1) is 20.4. The zero-order valence-corrected chi connectivity index (χ0v) is 15.5. The van der Waals surface area contributed by atoms with Gasteiger partial charge < -0.3 is 18.7 Å². The molecule has 0 radical (unpaired) electrons. The fraction of sp³-hybridized carbons (Fsp3) is 0.400. The fourth-order valence-corrected chi connectivity index (χ4v) is 3.13. The van der Waals surface area contributed by atoms with Crippen molar-refractivity contribution in [1.29, 1.82) is 0 Å². The van der Waals surface area contributed by atoms with Gasteiger partial charge in [0.25, 0.3) is 0 Å². The third kappa shape index (κ3) is 4.44. The van der Waals surface area contributed by atoms with Gasteiger partial charge in [0.05, 0.1) is 0 Å². The first-order chi connectivity index (χ1) is 8.36. The van der Waals surface area contributed by atoms with Gasteiger partial charge in [0, 0.05) is 5.69 Å². The first-order valence-electron chi connectivity index (χ1n) is 5.40. The van der Waals surface area contributed by atoms with Crippen LogP contribution in [0.1, 0.15) is 22.3 Å². The van der Waals surface area contributed by atoms with Crippen molar-refractivity contribution in [2.75, 3.05) is 5.73 Å². The third-order valence-corrected chi connectivity index (χ3v) is 4.17. The van der Waals surface area contributed by atoms with Crippen molar-refractivity contribution in [3.63, 3.8) is 0 Å². The van der Waals surface area contributed by atoms with Crippen LogP contribution in [0.2, 0.25) is 0 Å². The number of rotatable bonds is 3. The zero-order chi connectivity index (χ0) is 15.2. The van der Waals surface area contributed by atoms with Gasteiger partial charge in [-0.25, -0.2) is 0 Å². The molecule has 0 amide bonds. The molecule has 2 N–H and O–H groups in total. The maximum Gasteiger partial charge on any atom is 1.00 e. The average Bonchev–Trinajstić information content (AvgIpc) is 2.18. The Morgan fingerprint density at radius 3 is 1.85 bits per heavy atom. The molecule has 3 nitrogen and oxygen atoms in total. The SMILES string of the molecule is Cc1c(N)c(C)c(S(=O)(=O)F)c(C)c1C[B-](F)(F)F.[K+]. The van der Waals surface area contributed by atoms with E-state index in [0.717, 1.165) is 6.92 Å². The maximum atomic E-state index is 13.2. The summed E-state index contributed by atoms with van der Waals surface area (Å²) in [6.45, 7) is -1.39. The molecule has 1 aromatic carbocycles. The summed E-state index contributed by atoms with van der Waals surface area (Å²) in [5.74, 6) is 0. The molecule has 1 rings (SSSR count). The molecule has 108 valence electrons. The number of halogens is 4. The van der Waals surface area contributed by atoms with Gasteiger partial charge in [0.15, 0.2) is 0 Å². The molecule has 0 unspecified atom stereocenters. The fourth-order valence-electron chi connectivity index (χ4n) is 2.17. The van der Waals surface area contributed by atoms with Crippen molar-refractivity contribution in [3.05, 3.63) is 22.3 Å². The smallest absolute Gasteiger partial charge is 0.449 e. The van der Waals surface area contributed by atoms with Crippen LogP contribution in [0, 0.1) is 20.8 Å². The Labute approximate surface area is 158 Å². The van der Waals surface area contributed by atoms with Crippen LogP contribution < -0.4 is 57.1 Å². The molecule has 0 aliphatic carbocycles. The van der Waals surface area contributed by atoms with E-state index >= 15 is 0 Å². The Morgan fingerprint density at radius 1 is 1.05 bits per heavy atom. The molecule has 0 saturated carbocycles. The molecule has 0 fully saturated rings. The molecule has 10 heteroatoms. The zero-order valence-electron chi connectivity index (χ0n) is 11.6. The van der Waals surface area contributed by atoms with E-state index in [9.17, 15) is 25.3 Å². The van der Waals surface area contributed by atoms with Gasteiger partial charge in [-0.15, -0.1) is 3.89 Å². The molecular weight excluding hydrogens is 324 g/mol. The van der Waals surface area contributed by atoms with Gasteiger partial charge in [0.1, 0.15) is 4.90 Å². The molecule has 0 saturated heterocycles. The minimum absolute atomic E-state index is 0. The monoisotopic (exact) mass is 337 g/mol. The Balaban J connectivity index is 0.00000361. The van der Waals surface area contributed by atoms with Gasteiger partial charge in [-0.3, -0.25) is 0 Å². The summed E-state index contributed by atoms with van der Waals surface area (Å²) in [7, 11) is -5.12. The summed E-state index contributed by atoms with van der Waals surface area (Å²) in [5, 5.41) is 0. The molecule has 0 aromatic heterocycles. The van der Waals surface area contributed by atoms with E-state index in [1.54, 1.807) is 0 Å². The number of anilines is 1. The normalized spacial score (nSPS) is 12.2. The standard InChI is InChI=1S/C10H13BF4NO2S.K/c1-5-8(4-11(12,13)14)6(2)10(19(15,17)18)7(3)9(5)16;/h4,16H2,1-3H3;/q-1;+1. The van der Waals surface area contributed by atoms with Gasteiger partial charge in [-0.05, 0) is 37.5 Å². The molecule has 1 aromatic rings. The summed E-state index contributed by atoms with van der Waals surface area (Å²) in [6.07, 6.45) is -1.29. The summed E-state index contributed by atoms with van der Waals surface area (Å²) in [4.78, 5) is -0.759. The number of nitrogen functional groups attached to an aromatic ring is 1. The number of benzene rings is 1. The topological polar surface area (TPSA) is 60.2 Å². The summed E-state index contributed by atoms with van der Waals surface area (Å²) in [6, 6.07) is 0. The summed E-state index contributed by atoms with van der Waals surface area (Å²) in [5.41, 5.74) is 5.03. The Morgan fingerprint density at radius 2 is 1.50 bits per heavy atom. The second-order valence-electron chi connectivity index (χ2n) is 4.45. The second-order valence-corrected chi connectivity index (χ2v) is 5.73. The molecule has 0 aliphatic rings. The predicted octanol–water partition coefficient (Wildman–Crippen LogP) is -0.215. The van der Waals surface area contributed by atoms with Crippen LogP contribution >= 0.6 is 0 Å². The van der Waals surface area contributed by atoms with Crippen LogP contribution in [0.25, 0.3) is 0 Å². The molecule has 0 bridgehead atoms. The van der Waals surface area contributed by atoms with Gasteiger partial charge in [0.2, 0.25) is 0 Å². The minimum atomic E-state index is -5.17. The van der Waals surface area contributed by atoms with Crippen molar-refractivity contribution in [2.45, 2.75) is 32.0 Å². The van der Waals surface area contributed by atoms with E-state index < -0.39 is 28.4 Å².